The first-order valence-corrected chi connectivity index (χ1v) is 5.80. The summed E-state index contributed by atoms with van der Waals surface area (Å²) in [5.74, 6) is -0.327. The van der Waals surface area contributed by atoms with E-state index in [1.165, 1.54) is 0 Å². The van der Waals surface area contributed by atoms with Crippen LogP contribution in [0.15, 0.2) is 0 Å². The summed E-state index contributed by atoms with van der Waals surface area (Å²) in [4.78, 5) is 11.4. The summed E-state index contributed by atoms with van der Waals surface area (Å²) in [6.07, 6.45) is -0.473. The molecule has 0 spiro atoms. The Hall–Kier alpha value is -0.130. The summed E-state index contributed by atoms with van der Waals surface area (Å²) in [6.45, 7) is 8.36. The molecule has 0 atom stereocenters. The molecule has 5 heteroatoms. The number of rotatable bonds is 7. The Bertz CT molecular complexity index is 182. The van der Waals surface area contributed by atoms with Crippen molar-refractivity contribution in [3.8, 4) is 0 Å². The van der Waals surface area contributed by atoms with Gasteiger partial charge >= 0.3 is 5.97 Å². The third-order valence-electron chi connectivity index (χ3n) is 1.54. The summed E-state index contributed by atoms with van der Waals surface area (Å²) >= 11 is 3.22. The van der Waals surface area contributed by atoms with Gasteiger partial charge in [-0.1, -0.05) is 15.9 Å². The summed E-state index contributed by atoms with van der Waals surface area (Å²) in [5.41, 5.74) is 0. The lowest BCUT2D eigenvalue weighted by molar-refractivity contribution is -0.180. The molecule has 0 aromatic carbocycles. The molecular weight excluding hydrogens is 264 g/mol. The highest BCUT2D eigenvalue weighted by Crippen LogP contribution is 2.17. The Balaban J connectivity index is 3.93. The zero-order valence-corrected chi connectivity index (χ0v) is 11.3. The molecule has 0 N–H and O–H groups in total. The average Bonchev–Trinajstić information content (AvgIpc) is 2.12. The molecule has 0 saturated heterocycles. The summed E-state index contributed by atoms with van der Waals surface area (Å²) in [6, 6.07) is 0. The van der Waals surface area contributed by atoms with Crippen LogP contribution in [0.25, 0.3) is 0 Å². The summed E-state index contributed by atoms with van der Waals surface area (Å²) in [5, 5.41) is 0. The Morgan fingerprint density at radius 3 is 2.07 bits per heavy atom. The molecule has 0 radical (unpaired) electrons. The Morgan fingerprint density at radius 1 is 1.27 bits per heavy atom. The second-order valence-corrected chi connectivity index (χ2v) is 5.39. The van der Waals surface area contributed by atoms with Crippen LogP contribution >= 0.6 is 15.9 Å². The van der Waals surface area contributed by atoms with E-state index in [4.69, 9.17) is 14.2 Å². The van der Waals surface area contributed by atoms with Crippen molar-refractivity contribution in [3.63, 3.8) is 0 Å². The number of hydrogen-bond acceptors (Lipinski definition) is 4. The maximum Gasteiger partial charge on any atom is 0.322 e. The second-order valence-electron chi connectivity index (χ2n) is 3.41. The van der Waals surface area contributed by atoms with E-state index in [9.17, 15) is 4.79 Å². The first-order chi connectivity index (χ1) is 6.91. The van der Waals surface area contributed by atoms with Crippen LogP contribution < -0.4 is 0 Å². The van der Waals surface area contributed by atoms with E-state index in [1.807, 2.05) is 13.8 Å². The molecule has 0 amide bonds. The first kappa shape index (κ1) is 14.9. The molecule has 90 valence electrons. The summed E-state index contributed by atoms with van der Waals surface area (Å²) in [7, 11) is 0. The molecule has 0 aromatic heterocycles. The molecule has 0 aliphatic carbocycles. The molecule has 0 rings (SSSR count). The lowest BCUT2D eigenvalue weighted by atomic mass is 10.2. The lowest BCUT2D eigenvalue weighted by Gasteiger charge is -2.19. The third kappa shape index (κ3) is 6.87. The van der Waals surface area contributed by atoms with Crippen LogP contribution in [-0.2, 0) is 19.0 Å². The van der Waals surface area contributed by atoms with E-state index in [2.05, 4.69) is 15.9 Å². The fourth-order valence-electron chi connectivity index (χ4n) is 0.831. The van der Waals surface area contributed by atoms with Gasteiger partial charge in [0.15, 0.2) is 6.29 Å². The van der Waals surface area contributed by atoms with Gasteiger partial charge in [-0.2, -0.15) is 0 Å². The quantitative estimate of drug-likeness (QED) is 0.408. The van der Waals surface area contributed by atoms with Crippen molar-refractivity contribution in [3.05, 3.63) is 0 Å². The molecule has 0 unspecified atom stereocenters. The van der Waals surface area contributed by atoms with E-state index in [-0.39, 0.29) is 12.6 Å². The van der Waals surface area contributed by atoms with Gasteiger partial charge in [0.1, 0.15) is 10.9 Å². The van der Waals surface area contributed by atoms with Crippen LogP contribution in [0.4, 0.5) is 0 Å². The predicted octanol–water partition coefficient (Wildman–Crippen LogP) is 2.10. The van der Waals surface area contributed by atoms with Crippen molar-refractivity contribution < 1.29 is 19.0 Å². The number of ether oxygens (including phenoxy) is 3. The Kier molecular flexibility index (Phi) is 7.13. The van der Waals surface area contributed by atoms with Gasteiger partial charge in [0.2, 0.25) is 0 Å². The molecule has 0 saturated carbocycles. The minimum absolute atomic E-state index is 0.121. The molecule has 15 heavy (non-hydrogen) atoms. The van der Waals surface area contributed by atoms with Crippen LogP contribution in [0, 0.1) is 0 Å². The van der Waals surface area contributed by atoms with Crippen LogP contribution in [0.5, 0.6) is 0 Å². The van der Waals surface area contributed by atoms with E-state index in [0.29, 0.717) is 13.2 Å². The zero-order chi connectivity index (χ0) is 11.9. The maximum absolute atomic E-state index is 11.4. The number of carbonyl (C=O) groups is 1. The highest BCUT2D eigenvalue weighted by atomic mass is 79.9. The fraction of sp³-hybridized carbons (Fsp3) is 0.900. The number of carbonyl (C=O) groups excluding carboxylic acids is 1. The SMILES string of the molecule is CCOC(COC(=O)C(C)(C)Br)OCC. The van der Waals surface area contributed by atoms with Gasteiger partial charge in [-0.15, -0.1) is 0 Å². The molecule has 0 aliphatic rings. The third-order valence-corrected chi connectivity index (χ3v) is 1.86. The topological polar surface area (TPSA) is 44.8 Å². The minimum atomic E-state index is -0.671. The van der Waals surface area contributed by atoms with E-state index < -0.39 is 10.6 Å². The van der Waals surface area contributed by atoms with Crippen molar-refractivity contribution in [2.24, 2.45) is 0 Å². The van der Waals surface area contributed by atoms with E-state index in [0.717, 1.165) is 0 Å². The van der Waals surface area contributed by atoms with Crippen molar-refractivity contribution in [2.45, 2.75) is 38.3 Å². The largest absolute Gasteiger partial charge is 0.459 e. The Morgan fingerprint density at radius 2 is 1.73 bits per heavy atom. The highest BCUT2D eigenvalue weighted by molar-refractivity contribution is 9.10. The van der Waals surface area contributed by atoms with Gasteiger partial charge < -0.3 is 14.2 Å². The van der Waals surface area contributed by atoms with E-state index in [1.54, 1.807) is 13.8 Å². The normalized spacial score (nSPS) is 11.9. The lowest BCUT2D eigenvalue weighted by Crippen LogP contribution is -2.32. The first-order valence-electron chi connectivity index (χ1n) is 5.01. The average molecular weight is 283 g/mol. The number of hydrogen-bond donors (Lipinski definition) is 0. The van der Waals surface area contributed by atoms with Crippen LogP contribution in [0.2, 0.25) is 0 Å². The Labute approximate surface area is 99.4 Å². The van der Waals surface area contributed by atoms with Crippen LogP contribution in [0.3, 0.4) is 0 Å². The standard InChI is InChI=1S/C10H19BrO4/c1-5-13-8(14-6-2)7-15-9(12)10(3,4)11/h8H,5-7H2,1-4H3. The summed E-state index contributed by atoms with van der Waals surface area (Å²) < 4.78 is 14.8. The monoisotopic (exact) mass is 282 g/mol. The van der Waals surface area contributed by atoms with Gasteiger partial charge in [0.05, 0.1) is 0 Å². The van der Waals surface area contributed by atoms with Crippen molar-refractivity contribution >= 4 is 21.9 Å². The smallest absolute Gasteiger partial charge is 0.322 e. The number of halogens is 1. The number of esters is 1. The molecular formula is C10H19BrO4. The molecule has 0 heterocycles. The predicted molar refractivity (Wildman–Crippen MR) is 61.0 cm³/mol. The molecule has 0 fully saturated rings. The highest BCUT2D eigenvalue weighted by Gasteiger charge is 2.26. The maximum atomic E-state index is 11.4. The van der Waals surface area contributed by atoms with Crippen LogP contribution in [-0.4, -0.2) is 36.4 Å². The van der Waals surface area contributed by atoms with Crippen molar-refractivity contribution in [2.75, 3.05) is 19.8 Å². The van der Waals surface area contributed by atoms with Gasteiger partial charge in [0.25, 0.3) is 0 Å². The van der Waals surface area contributed by atoms with Crippen LogP contribution in [0.1, 0.15) is 27.7 Å². The second kappa shape index (κ2) is 7.19. The molecule has 4 nitrogen and oxygen atoms in total. The van der Waals surface area contributed by atoms with Crippen molar-refractivity contribution in [1.82, 2.24) is 0 Å². The fourth-order valence-corrected chi connectivity index (χ4v) is 0.946. The van der Waals surface area contributed by atoms with Crippen molar-refractivity contribution in [1.29, 1.82) is 0 Å². The molecule has 0 aromatic rings. The molecule has 0 bridgehead atoms. The van der Waals surface area contributed by atoms with Gasteiger partial charge in [0, 0.05) is 13.2 Å². The molecule has 0 aliphatic heterocycles. The minimum Gasteiger partial charge on any atom is -0.459 e. The number of alkyl halides is 1. The zero-order valence-electron chi connectivity index (χ0n) is 9.71. The van der Waals surface area contributed by atoms with Gasteiger partial charge in [-0.3, -0.25) is 4.79 Å². The van der Waals surface area contributed by atoms with Gasteiger partial charge in [-0.05, 0) is 27.7 Å². The van der Waals surface area contributed by atoms with E-state index >= 15 is 0 Å². The van der Waals surface area contributed by atoms with Gasteiger partial charge in [-0.25, -0.2) is 0 Å².